The lowest BCUT2D eigenvalue weighted by Gasteiger charge is -2.16. The van der Waals surface area contributed by atoms with Gasteiger partial charge in [0.05, 0.1) is 20.7 Å². The minimum atomic E-state index is -5.17. The fourth-order valence-electron chi connectivity index (χ4n) is 1.29. The maximum absolute atomic E-state index is 12.5. The third-order valence-electron chi connectivity index (χ3n) is 2.33. The van der Waals surface area contributed by atoms with Crippen molar-refractivity contribution in [2.45, 2.75) is 11.1 Å². The van der Waals surface area contributed by atoms with Crippen molar-refractivity contribution in [1.82, 2.24) is 0 Å². The van der Waals surface area contributed by atoms with E-state index in [0.717, 1.165) is 18.2 Å². The van der Waals surface area contributed by atoms with Gasteiger partial charge >= 0.3 is 12.1 Å². The van der Waals surface area contributed by atoms with E-state index < -0.39 is 38.5 Å². The fourth-order valence-corrected chi connectivity index (χ4v) is 3.19. The molecule has 4 nitrogen and oxygen atoms in total. The molecule has 1 aromatic rings. The smallest absolute Gasteiger partial charge is 0.403 e. The van der Waals surface area contributed by atoms with Crippen molar-refractivity contribution in [2.75, 3.05) is 5.75 Å². The maximum Gasteiger partial charge on any atom is 0.403 e. The average Bonchev–Trinajstić information content (AvgIpc) is 2.27. The van der Waals surface area contributed by atoms with Crippen LogP contribution in [-0.4, -0.2) is 31.4 Å². The Hall–Kier alpha value is -0.990. The van der Waals surface area contributed by atoms with E-state index in [1.54, 1.807) is 0 Å². The molecule has 0 aromatic heterocycles. The zero-order chi connectivity index (χ0) is 15.7. The summed E-state index contributed by atoms with van der Waals surface area (Å²) in [5.74, 6) is -6.88. The number of halogens is 5. The molecule has 1 unspecified atom stereocenters. The molecule has 0 radical (unpaired) electrons. The predicted octanol–water partition coefficient (Wildman–Crippen LogP) is 3.03. The zero-order valence-corrected chi connectivity index (χ0v) is 11.8. The molecule has 0 heterocycles. The van der Waals surface area contributed by atoms with Crippen molar-refractivity contribution in [3.05, 3.63) is 28.2 Å². The standard InChI is InChI=1S/C10H7Cl2F3O4S/c11-7-2-1-5(3-8(7)12)20(18,19)4-6(9(16)17)10(13,14)15/h1-3,6H,4H2,(H,16,17). The average molecular weight is 351 g/mol. The first-order chi connectivity index (χ1) is 8.95. The van der Waals surface area contributed by atoms with Gasteiger partial charge < -0.3 is 5.11 Å². The number of rotatable bonds is 4. The lowest BCUT2D eigenvalue weighted by atomic mass is 10.2. The van der Waals surface area contributed by atoms with Gasteiger partial charge in [-0.25, -0.2) is 8.42 Å². The molecule has 1 rings (SSSR count). The normalized spacial score (nSPS) is 14.1. The van der Waals surface area contributed by atoms with Crippen LogP contribution in [0.15, 0.2) is 23.1 Å². The highest BCUT2D eigenvalue weighted by molar-refractivity contribution is 7.91. The summed E-state index contributed by atoms with van der Waals surface area (Å²) in [6.45, 7) is 0. The first kappa shape index (κ1) is 17.1. The van der Waals surface area contributed by atoms with Crippen LogP contribution in [0.25, 0.3) is 0 Å². The van der Waals surface area contributed by atoms with Crippen molar-refractivity contribution in [3.8, 4) is 0 Å². The Balaban J connectivity index is 3.16. The van der Waals surface area contributed by atoms with E-state index in [1.165, 1.54) is 0 Å². The number of sulfone groups is 1. The Bertz CT molecular complexity index is 628. The van der Waals surface area contributed by atoms with Crippen LogP contribution in [0, 0.1) is 5.92 Å². The van der Waals surface area contributed by atoms with E-state index in [4.69, 9.17) is 28.3 Å². The molecule has 0 amide bonds. The first-order valence-corrected chi connectivity index (χ1v) is 7.33. The molecule has 1 atom stereocenters. The lowest BCUT2D eigenvalue weighted by Crippen LogP contribution is -2.36. The van der Waals surface area contributed by atoms with Crippen LogP contribution in [-0.2, 0) is 14.6 Å². The SMILES string of the molecule is O=C(O)C(CS(=O)(=O)c1ccc(Cl)c(Cl)c1)C(F)(F)F. The van der Waals surface area contributed by atoms with Crippen molar-refractivity contribution < 1.29 is 31.5 Å². The van der Waals surface area contributed by atoms with E-state index in [1.807, 2.05) is 0 Å². The van der Waals surface area contributed by atoms with Crippen molar-refractivity contribution in [3.63, 3.8) is 0 Å². The van der Waals surface area contributed by atoms with Gasteiger partial charge in [-0.05, 0) is 18.2 Å². The number of carboxylic acids is 1. The quantitative estimate of drug-likeness (QED) is 0.905. The number of carbonyl (C=O) groups is 1. The Morgan fingerprint density at radius 3 is 2.20 bits per heavy atom. The Kier molecular flexibility index (Phi) is 4.94. The number of hydrogen-bond acceptors (Lipinski definition) is 3. The maximum atomic E-state index is 12.5. The second kappa shape index (κ2) is 5.79. The summed E-state index contributed by atoms with van der Waals surface area (Å²) in [5.41, 5.74) is 0. The molecule has 0 saturated carbocycles. The summed E-state index contributed by atoms with van der Waals surface area (Å²) < 4.78 is 61.0. The molecule has 0 fully saturated rings. The molecular formula is C10H7Cl2F3O4S. The molecule has 0 aliphatic carbocycles. The molecule has 20 heavy (non-hydrogen) atoms. The number of carboxylic acid groups (broad SMARTS) is 1. The van der Waals surface area contributed by atoms with Gasteiger partial charge in [0.1, 0.15) is 0 Å². The Morgan fingerprint density at radius 2 is 1.80 bits per heavy atom. The van der Waals surface area contributed by atoms with E-state index in [9.17, 15) is 26.4 Å². The molecule has 112 valence electrons. The summed E-state index contributed by atoms with van der Waals surface area (Å²) in [4.78, 5) is 10.0. The fraction of sp³-hybridized carbons (Fsp3) is 0.300. The summed E-state index contributed by atoms with van der Waals surface area (Å²) >= 11 is 11.1. The molecule has 0 bridgehead atoms. The van der Waals surface area contributed by atoms with Crippen molar-refractivity contribution in [2.24, 2.45) is 5.92 Å². The van der Waals surface area contributed by atoms with Crippen molar-refractivity contribution in [1.29, 1.82) is 0 Å². The van der Waals surface area contributed by atoms with Gasteiger partial charge in [-0.3, -0.25) is 4.79 Å². The Morgan fingerprint density at radius 1 is 1.25 bits per heavy atom. The van der Waals surface area contributed by atoms with Gasteiger partial charge in [0.25, 0.3) is 0 Å². The van der Waals surface area contributed by atoms with Crippen LogP contribution in [0.2, 0.25) is 10.0 Å². The van der Waals surface area contributed by atoms with E-state index in [-0.39, 0.29) is 10.0 Å². The van der Waals surface area contributed by atoms with Gasteiger partial charge in [-0.15, -0.1) is 0 Å². The van der Waals surface area contributed by atoms with Crippen LogP contribution in [0.5, 0.6) is 0 Å². The summed E-state index contributed by atoms with van der Waals surface area (Å²) in [5, 5.41) is 8.35. The topological polar surface area (TPSA) is 71.4 Å². The third kappa shape index (κ3) is 4.00. The molecule has 0 saturated heterocycles. The number of hydrogen-bond donors (Lipinski definition) is 1. The van der Waals surface area contributed by atoms with E-state index >= 15 is 0 Å². The monoisotopic (exact) mass is 350 g/mol. The van der Waals surface area contributed by atoms with Crippen LogP contribution >= 0.6 is 23.2 Å². The molecule has 1 aromatic carbocycles. The molecule has 0 aliphatic heterocycles. The molecule has 10 heteroatoms. The summed E-state index contributed by atoms with van der Waals surface area (Å²) in [6, 6.07) is 2.92. The molecule has 0 aliphatic rings. The number of aliphatic carboxylic acids is 1. The van der Waals surface area contributed by atoms with Crippen LogP contribution in [0.3, 0.4) is 0 Å². The van der Waals surface area contributed by atoms with E-state index in [2.05, 4.69) is 0 Å². The summed E-state index contributed by atoms with van der Waals surface area (Å²) in [6.07, 6.45) is -5.17. The largest absolute Gasteiger partial charge is 0.481 e. The van der Waals surface area contributed by atoms with Gasteiger partial charge in [0, 0.05) is 0 Å². The van der Waals surface area contributed by atoms with Gasteiger partial charge in [0.15, 0.2) is 15.8 Å². The van der Waals surface area contributed by atoms with Crippen LogP contribution in [0.1, 0.15) is 0 Å². The molecular weight excluding hydrogens is 344 g/mol. The predicted molar refractivity (Wildman–Crippen MR) is 65.7 cm³/mol. The van der Waals surface area contributed by atoms with Crippen LogP contribution < -0.4 is 0 Å². The first-order valence-electron chi connectivity index (χ1n) is 4.92. The summed E-state index contributed by atoms with van der Waals surface area (Å²) in [7, 11) is -4.47. The number of alkyl halides is 3. The van der Waals surface area contributed by atoms with Gasteiger partial charge in [-0.1, -0.05) is 23.2 Å². The lowest BCUT2D eigenvalue weighted by molar-refractivity contribution is -0.189. The Labute approximate surface area is 122 Å². The van der Waals surface area contributed by atoms with Crippen molar-refractivity contribution >= 4 is 39.0 Å². The van der Waals surface area contributed by atoms with Gasteiger partial charge in [-0.2, -0.15) is 13.2 Å². The molecule has 0 spiro atoms. The van der Waals surface area contributed by atoms with Crippen LogP contribution in [0.4, 0.5) is 13.2 Å². The highest BCUT2D eigenvalue weighted by atomic mass is 35.5. The van der Waals surface area contributed by atoms with E-state index in [0.29, 0.717) is 0 Å². The molecule has 1 N–H and O–H groups in total. The second-order valence-corrected chi connectivity index (χ2v) is 6.64. The highest BCUT2D eigenvalue weighted by Gasteiger charge is 2.47. The zero-order valence-electron chi connectivity index (χ0n) is 9.49. The highest BCUT2D eigenvalue weighted by Crippen LogP contribution is 2.31. The minimum absolute atomic E-state index is 0.0243. The minimum Gasteiger partial charge on any atom is -0.481 e. The van der Waals surface area contributed by atoms with Gasteiger partial charge in [0.2, 0.25) is 0 Å². The second-order valence-electron chi connectivity index (χ2n) is 3.79. The third-order valence-corrected chi connectivity index (χ3v) is 4.81. The number of benzene rings is 1.